The van der Waals surface area contributed by atoms with Crippen LogP contribution >= 0.6 is 0 Å². The van der Waals surface area contributed by atoms with Crippen LogP contribution < -0.4 is 10.1 Å². The molecule has 1 unspecified atom stereocenters. The van der Waals surface area contributed by atoms with Gasteiger partial charge in [-0.2, -0.15) is 9.97 Å². The molecule has 0 radical (unpaired) electrons. The van der Waals surface area contributed by atoms with Gasteiger partial charge in [0.1, 0.15) is 34.4 Å². The third kappa shape index (κ3) is 4.91. The van der Waals surface area contributed by atoms with Crippen molar-refractivity contribution in [2.24, 2.45) is 5.92 Å². The Hall–Kier alpha value is -3.88. The molecular weight excluding hydrogens is 466 g/mol. The molecule has 2 heterocycles. The van der Waals surface area contributed by atoms with Gasteiger partial charge in [0, 0.05) is 24.7 Å². The van der Waals surface area contributed by atoms with Crippen LogP contribution in [-0.2, 0) is 11.2 Å². The molecular formula is C27H28F2N4O3. The summed E-state index contributed by atoms with van der Waals surface area (Å²) in [4.78, 5) is 24.2. The Morgan fingerprint density at radius 2 is 2.00 bits per heavy atom. The van der Waals surface area contributed by atoms with Gasteiger partial charge in [0.25, 0.3) is 0 Å². The third-order valence-corrected chi connectivity index (χ3v) is 6.22. The first-order chi connectivity index (χ1) is 17.2. The highest BCUT2D eigenvalue weighted by Gasteiger charge is 2.21. The van der Waals surface area contributed by atoms with Crippen molar-refractivity contribution in [1.29, 1.82) is 0 Å². The first-order valence-corrected chi connectivity index (χ1v) is 11.8. The number of hydrogen-bond acceptors (Lipinski definition) is 7. The SMILES string of the molecule is CCc1c(F)ccc2cc(O)cc(-c3ncc4c(NCC(C)CCC(C)=O)nc(OC)nc4c3F)c12. The standard InChI is InChI=1S/C27H28F2N4O3/c1-5-18-21(28)9-8-16-10-17(35)11-19(22(16)18)24-23(29)25-20(13-30-24)26(33-27(32-25)36-4)31-12-14(2)6-7-15(3)34/h8-11,13-14,35H,5-7,12H2,1-4H3,(H,31,32,33). The smallest absolute Gasteiger partial charge is 0.318 e. The van der Waals surface area contributed by atoms with Crippen LogP contribution in [0.3, 0.4) is 0 Å². The summed E-state index contributed by atoms with van der Waals surface area (Å²) in [7, 11) is 1.39. The van der Waals surface area contributed by atoms with Crippen molar-refractivity contribution in [3.63, 3.8) is 0 Å². The van der Waals surface area contributed by atoms with Gasteiger partial charge in [-0.05, 0) is 60.2 Å². The lowest BCUT2D eigenvalue weighted by molar-refractivity contribution is -0.117. The van der Waals surface area contributed by atoms with Crippen LogP contribution in [0, 0.1) is 17.6 Å². The van der Waals surface area contributed by atoms with Crippen LogP contribution in [0.4, 0.5) is 14.6 Å². The quantitative estimate of drug-likeness (QED) is 0.303. The van der Waals surface area contributed by atoms with E-state index < -0.39 is 11.6 Å². The number of aromatic hydroxyl groups is 1. The summed E-state index contributed by atoms with van der Waals surface area (Å²) in [6.07, 6.45) is 3.02. The van der Waals surface area contributed by atoms with Crippen molar-refractivity contribution in [2.45, 2.75) is 40.0 Å². The Kier molecular flexibility index (Phi) is 7.28. The number of aryl methyl sites for hydroxylation is 1. The number of pyridine rings is 1. The van der Waals surface area contributed by atoms with Crippen molar-refractivity contribution < 1.29 is 23.4 Å². The molecule has 0 fully saturated rings. The first kappa shape index (κ1) is 25.2. The Bertz CT molecular complexity index is 1460. The minimum Gasteiger partial charge on any atom is -0.508 e. The van der Waals surface area contributed by atoms with Gasteiger partial charge >= 0.3 is 6.01 Å². The molecule has 2 N–H and O–H groups in total. The van der Waals surface area contributed by atoms with E-state index in [1.807, 2.05) is 13.8 Å². The number of nitrogens with zero attached hydrogens (tertiary/aromatic N) is 3. The maximum atomic E-state index is 16.0. The van der Waals surface area contributed by atoms with Crippen molar-refractivity contribution in [2.75, 3.05) is 19.0 Å². The van der Waals surface area contributed by atoms with E-state index in [4.69, 9.17) is 4.74 Å². The van der Waals surface area contributed by atoms with E-state index in [2.05, 4.69) is 20.3 Å². The largest absolute Gasteiger partial charge is 0.508 e. The number of phenols is 1. The van der Waals surface area contributed by atoms with Gasteiger partial charge in [-0.1, -0.05) is 19.9 Å². The number of ketones is 1. The Labute approximate surface area is 207 Å². The minimum absolute atomic E-state index is 0.0170. The molecule has 2 aromatic carbocycles. The molecule has 36 heavy (non-hydrogen) atoms. The topological polar surface area (TPSA) is 97.2 Å². The van der Waals surface area contributed by atoms with Gasteiger partial charge in [-0.15, -0.1) is 0 Å². The monoisotopic (exact) mass is 494 g/mol. The second-order valence-corrected chi connectivity index (χ2v) is 8.94. The van der Waals surface area contributed by atoms with Crippen LogP contribution in [0.1, 0.15) is 39.2 Å². The number of hydrogen-bond donors (Lipinski definition) is 2. The first-order valence-electron chi connectivity index (χ1n) is 11.8. The highest BCUT2D eigenvalue weighted by atomic mass is 19.1. The van der Waals surface area contributed by atoms with E-state index in [1.54, 1.807) is 13.0 Å². The number of anilines is 1. The third-order valence-electron chi connectivity index (χ3n) is 6.22. The summed E-state index contributed by atoms with van der Waals surface area (Å²) in [5.41, 5.74) is 0.596. The molecule has 0 bridgehead atoms. The van der Waals surface area contributed by atoms with Crippen LogP contribution in [0.5, 0.6) is 11.8 Å². The summed E-state index contributed by atoms with van der Waals surface area (Å²) in [5.74, 6) is -0.588. The normalized spacial score (nSPS) is 12.2. The zero-order chi connectivity index (χ0) is 26.0. The number of nitrogens with one attached hydrogen (secondary N) is 1. The highest BCUT2D eigenvalue weighted by Crippen LogP contribution is 2.38. The van der Waals surface area contributed by atoms with Crippen molar-refractivity contribution in [1.82, 2.24) is 15.0 Å². The Balaban J connectivity index is 1.85. The summed E-state index contributed by atoms with van der Waals surface area (Å²) >= 11 is 0. The number of ether oxygens (including phenoxy) is 1. The van der Waals surface area contributed by atoms with Gasteiger partial charge < -0.3 is 20.0 Å². The van der Waals surface area contributed by atoms with E-state index in [0.717, 1.165) is 0 Å². The summed E-state index contributed by atoms with van der Waals surface area (Å²) in [6, 6.07) is 5.75. The van der Waals surface area contributed by atoms with Crippen LogP contribution in [-0.4, -0.2) is 39.5 Å². The molecule has 9 heteroatoms. The summed E-state index contributed by atoms with van der Waals surface area (Å²) in [6.45, 7) is 5.88. The van der Waals surface area contributed by atoms with Gasteiger partial charge in [0.15, 0.2) is 5.82 Å². The summed E-state index contributed by atoms with van der Waals surface area (Å²) < 4.78 is 35.8. The zero-order valence-corrected chi connectivity index (χ0v) is 20.7. The fourth-order valence-corrected chi connectivity index (χ4v) is 4.31. The molecule has 0 saturated carbocycles. The van der Waals surface area contributed by atoms with Crippen molar-refractivity contribution >= 4 is 33.3 Å². The number of carbonyl (C=O) groups is 1. The number of carbonyl (C=O) groups excluding carboxylic acids is 1. The lowest BCUT2D eigenvalue weighted by Gasteiger charge is -2.16. The molecule has 0 aliphatic heterocycles. The van der Waals surface area contributed by atoms with Crippen LogP contribution in [0.2, 0.25) is 0 Å². The maximum absolute atomic E-state index is 16.0. The molecule has 188 valence electrons. The van der Waals surface area contributed by atoms with E-state index in [1.165, 1.54) is 31.5 Å². The predicted octanol–water partition coefficient (Wildman–Crippen LogP) is 5.82. The number of halogens is 2. The second-order valence-electron chi connectivity index (χ2n) is 8.94. The summed E-state index contributed by atoms with van der Waals surface area (Å²) in [5, 5.41) is 14.9. The number of methoxy groups -OCH3 is 1. The van der Waals surface area contributed by atoms with E-state index >= 15 is 4.39 Å². The van der Waals surface area contributed by atoms with E-state index in [0.29, 0.717) is 53.3 Å². The Morgan fingerprint density at radius 3 is 2.69 bits per heavy atom. The maximum Gasteiger partial charge on any atom is 0.318 e. The second kappa shape index (κ2) is 10.4. The van der Waals surface area contributed by atoms with E-state index in [9.17, 15) is 14.3 Å². The Morgan fingerprint density at radius 1 is 1.22 bits per heavy atom. The zero-order valence-electron chi connectivity index (χ0n) is 20.7. The average Bonchev–Trinajstić information content (AvgIpc) is 2.86. The fraction of sp³-hybridized carbons (Fsp3) is 0.333. The fourth-order valence-electron chi connectivity index (χ4n) is 4.31. The molecule has 2 aromatic heterocycles. The van der Waals surface area contributed by atoms with E-state index in [-0.39, 0.29) is 40.2 Å². The molecule has 4 aromatic rings. The number of rotatable bonds is 9. The number of phenolic OH excluding ortho intramolecular Hbond substituents is 1. The molecule has 0 spiro atoms. The van der Waals surface area contributed by atoms with Crippen LogP contribution in [0.25, 0.3) is 32.9 Å². The molecule has 1 atom stereocenters. The van der Waals surface area contributed by atoms with Gasteiger partial charge in [0.05, 0.1) is 12.5 Å². The average molecular weight is 495 g/mol. The van der Waals surface area contributed by atoms with Crippen LogP contribution in [0.15, 0.2) is 30.5 Å². The lowest BCUT2D eigenvalue weighted by atomic mass is 9.94. The molecule has 7 nitrogen and oxygen atoms in total. The van der Waals surface area contributed by atoms with Crippen molar-refractivity contribution in [3.8, 4) is 23.0 Å². The highest BCUT2D eigenvalue weighted by molar-refractivity contribution is 6.01. The van der Waals surface area contributed by atoms with Gasteiger partial charge in [0.2, 0.25) is 0 Å². The van der Waals surface area contributed by atoms with Crippen molar-refractivity contribution in [3.05, 3.63) is 47.7 Å². The molecule has 4 rings (SSSR count). The number of aromatic nitrogens is 3. The molecule has 0 aliphatic rings. The molecule has 0 amide bonds. The minimum atomic E-state index is -0.737. The van der Waals surface area contributed by atoms with Gasteiger partial charge in [-0.25, -0.2) is 8.78 Å². The predicted molar refractivity (Wildman–Crippen MR) is 135 cm³/mol. The number of benzene rings is 2. The number of Topliss-reactive ketones (excluding diaryl/α,β-unsaturated/α-hetero) is 1. The number of fused-ring (bicyclic) bond motifs is 2. The molecule has 0 aliphatic carbocycles. The molecule has 0 saturated heterocycles. The van der Waals surface area contributed by atoms with Gasteiger partial charge in [-0.3, -0.25) is 4.98 Å². The lowest BCUT2D eigenvalue weighted by Crippen LogP contribution is -2.14.